The van der Waals surface area contributed by atoms with Gasteiger partial charge < -0.3 is 61.6 Å². The highest BCUT2D eigenvalue weighted by Gasteiger charge is 2.71. The van der Waals surface area contributed by atoms with E-state index in [1.807, 2.05) is 0 Å². The first-order valence-corrected chi connectivity index (χ1v) is 26.4. The molecular formula is C53H76O21. The molecule has 414 valence electrons. The van der Waals surface area contributed by atoms with Gasteiger partial charge in [0.15, 0.2) is 48.9 Å². The normalized spacial score (nSPS) is 44.3. The average Bonchev–Trinajstić information content (AvgIpc) is 3.74. The lowest BCUT2D eigenvalue weighted by Gasteiger charge is -2.60. The van der Waals surface area contributed by atoms with Crippen LogP contribution in [0.4, 0.5) is 0 Å². The van der Waals surface area contributed by atoms with E-state index in [0.717, 1.165) is 80.6 Å². The maximum atomic E-state index is 14.8. The number of carbonyl (C=O) groups excluding carboxylic acids is 8. The van der Waals surface area contributed by atoms with Crippen molar-refractivity contribution in [1.29, 1.82) is 0 Å². The lowest BCUT2D eigenvalue weighted by atomic mass is 9.44. The Balaban J connectivity index is 1.04. The molecule has 0 amide bonds. The van der Waals surface area contributed by atoms with E-state index < -0.39 is 128 Å². The molecule has 0 bridgehead atoms. The van der Waals surface area contributed by atoms with Gasteiger partial charge in [0.2, 0.25) is 0 Å². The first-order chi connectivity index (χ1) is 34.8. The molecule has 4 heterocycles. The smallest absolute Gasteiger partial charge is 0.303 e. The van der Waals surface area contributed by atoms with Crippen molar-refractivity contribution in [2.45, 2.75) is 213 Å². The van der Waals surface area contributed by atoms with E-state index in [1.165, 1.54) is 0 Å². The SMILES string of the molecule is CC(=O)OC[C@H]1O[C@@H](O[C@H]2[C@H](OC(C)=O)[C@@H](OC(C)=O)[C@@H](O[C@H]3CC[C@@]4(C)[C@@H](CC[C@@H]5[C@@H]4C(=O)C[C@]4(C)C6C(C[C@@H]54)O[C@]4(CC[C@@H](C)CO4)[C@H]6C)C3)O[C@@H]2COC(C)=O)[C@H](OC(C)=O)[C@@H](OC(C)=O)[C@@H]1OC(C)=O. The van der Waals surface area contributed by atoms with Gasteiger partial charge in [0.1, 0.15) is 37.3 Å². The summed E-state index contributed by atoms with van der Waals surface area (Å²) in [5.74, 6) is -4.62. The third kappa shape index (κ3) is 11.1. The monoisotopic (exact) mass is 1050 g/mol. The molecule has 4 aliphatic carbocycles. The molecule has 22 atom stereocenters. The standard InChI is InChI=1S/C53H76O21/c1-24-14-17-53(64-21-24)25(2)41-38(74-53)19-36-35-13-12-33-18-34(15-16-51(33,10)42(35)37(61)20-52(36,41)11)70-49-47(68-31(8)59)46(67-30(7)58)44(40(71-49)23-63-27(4)55)73-50-48(69-32(9)60)45(66-29(6)57)43(65-28(5)56)39(72-50)22-62-26(3)54/h24-25,33-36,38-50H,12-23H2,1-11H3/t24-,25+,33+,34+,35+,36+,38?,39-,40-,41?,42-,43-,44-,45+,46+,47-,48-,49+,50+,51+,52+,53-/m1/s1. The summed E-state index contributed by atoms with van der Waals surface area (Å²) in [6, 6.07) is 0. The lowest BCUT2D eigenvalue weighted by Crippen LogP contribution is -2.67. The summed E-state index contributed by atoms with van der Waals surface area (Å²) in [7, 11) is 0. The fourth-order valence-electron chi connectivity index (χ4n) is 14.9. The fourth-order valence-corrected chi connectivity index (χ4v) is 14.9. The van der Waals surface area contributed by atoms with Crippen LogP contribution in [0.1, 0.15) is 134 Å². The summed E-state index contributed by atoms with van der Waals surface area (Å²) in [5.41, 5.74) is -0.514. The quantitative estimate of drug-likeness (QED) is 0.139. The first-order valence-electron chi connectivity index (χ1n) is 26.4. The van der Waals surface area contributed by atoms with Crippen molar-refractivity contribution in [2.75, 3.05) is 19.8 Å². The van der Waals surface area contributed by atoms with Gasteiger partial charge in [-0.2, -0.15) is 0 Å². The molecule has 21 nitrogen and oxygen atoms in total. The molecule has 1 spiro atoms. The largest absolute Gasteiger partial charge is 0.463 e. The van der Waals surface area contributed by atoms with Gasteiger partial charge in [-0.3, -0.25) is 38.4 Å². The molecule has 21 heteroatoms. The van der Waals surface area contributed by atoms with E-state index in [0.29, 0.717) is 49.9 Å². The summed E-state index contributed by atoms with van der Waals surface area (Å²) >= 11 is 0. The predicted octanol–water partition coefficient (Wildman–Crippen LogP) is 4.62. The van der Waals surface area contributed by atoms with Crippen LogP contribution in [-0.2, 0) is 99.9 Å². The van der Waals surface area contributed by atoms with Gasteiger partial charge in [-0.25, -0.2) is 0 Å². The van der Waals surface area contributed by atoms with Crippen LogP contribution >= 0.6 is 0 Å². The topological polar surface area (TPSA) is 257 Å². The second kappa shape index (κ2) is 22.0. The van der Waals surface area contributed by atoms with E-state index in [2.05, 4.69) is 27.7 Å². The molecular weight excluding hydrogens is 973 g/mol. The highest BCUT2D eigenvalue weighted by molar-refractivity contribution is 5.84. The molecule has 4 aliphatic heterocycles. The van der Waals surface area contributed by atoms with Crippen LogP contribution in [0.15, 0.2) is 0 Å². The van der Waals surface area contributed by atoms with Crippen molar-refractivity contribution in [3.8, 4) is 0 Å². The number of rotatable bonds is 13. The Morgan fingerprint density at radius 1 is 0.581 bits per heavy atom. The minimum absolute atomic E-state index is 0.0490. The first kappa shape index (κ1) is 55.9. The molecule has 0 aromatic carbocycles. The van der Waals surface area contributed by atoms with Gasteiger partial charge in [-0.1, -0.05) is 27.7 Å². The minimum Gasteiger partial charge on any atom is -0.463 e. The zero-order chi connectivity index (χ0) is 53.8. The third-order valence-electron chi connectivity index (χ3n) is 17.8. The molecule has 74 heavy (non-hydrogen) atoms. The molecule has 4 saturated heterocycles. The van der Waals surface area contributed by atoms with Crippen LogP contribution in [0.5, 0.6) is 0 Å². The van der Waals surface area contributed by atoms with Crippen LogP contribution in [0.2, 0.25) is 0 Å². The summed E-state index contributed by atoms with van der Waals surface area (Å²) in [4.78, 5) is 103. The minimum atomic E-state index is -1.81. The van der Waals surface area contributed by atoms with Crippen molar-refractivity contribution in [1.82, 2.24) is 0 Å². The fraction of sp³-hybridized carbons (Fsp3) is 0.849. The second-order valence-corrected chi connectivity index (χ2v) is 22.8. The number of esters is 7. The predicted molar refractivity (Wildman–Crippen MR) is 250 cm³/mol. The third-order valence-corrected chi connectivity index (χ3v) is 17.8. The molecule has 8 aliphatic rings. The average molecular weight is 1050 g/mol. The molecule has 8 rings (SSSR count). The maximum Gasteiger partial charge on any atom is 0.303 e. The highest BCUT2D eigenvalue weighted by atomic mass is 16.8. The van der Waals surface area contributed by atoms with Crippen LogP contribution in [0.25, 0.3) is 0 Å². The Morgan fingerprint density at radius 3 is 1.65 bits per heavy atom. The van der Waals surface area contributed by atoms with Crippen molar-refractivity contribution < 1.29 is 99.9 Å². The molecule has 0 aromatic heterocycles. The number of Topliss-reactive ketones (excluding diaryl/α,β-unsaturated/α-hetero) is 1. The number of hydrogen-bond donors (Lipinski definition) is 0. The van der Waals surface area contributed by atoms with Crippen LogP contribution in [0.3, 0.4) is 0 Å². The van der Waals surface area contributed by atoms with E-state index in [9.17, 15) is 38.4 Å². The van der Waals surface area contributed by atoms with Crippen LogP contribution < -0.4 is 0 Å². The maximum absolute atomic E-state index is 14.8. The van der Waals surface area contributed by atoms with E-state index in [-0.39, 0.29) is 46.5 Å². The van der Waals surface area contributed by atoms with Crippen molar-refractivity contribution in [3.63, 3.8) is 0 Å². The second-order valence-electron chi connectivity index (χ2n) is 22.8. The van der Waals surface area contributed by atoms with Gasteiger partial charge in [-0.15, -0.1) is 0 Å². The Bertz CT molecular complexity index is 2160. The number of fused-ring (bicyclic) bond motifs is 7. The van der Waals surface area contributed by atoms with Crippen molar-refractivity contribution >= 4 is 47.6 Å². The zero-order valence-corrected chi connectivity index (χ0v) is 44.5. The van der Waals surface area contributed by atoms with E-state index in [1.54, 1.807) is 0 Å². The van der Waals surface area contributed by atoms with E-state index >= 15 is 0 Å². The van der Waals surface area contributed by atoms with E-state index in [4.69, 9.17) is 61.6 Å². The molecule has 2 unspecified atom stereocenters. The zero-order valence-electron chi connectivity index (χ0n) is 44.5. The Labute approximate surface area is 431 Å². The number of ketones is 1. The lowest BCUT2D eigenvalue weighted by molar-refractivity contribution is -0.365. The van der Waals surface area contributed by atoms with Gasteiger partial charge in [0, 0.05) is 73.1 Å². The van der Waals surface area contributed by atoms with Crippen molar-refractivity contribution in [3.05, 3.63) is 0 Å². The molecule has 0 radical (unpaired) electrons. The Morgan fingerprint density at radius 2 is 1.11 bits per heavy atom. The Hall–Kier alpha value is -4.28. The number of ether oxygens (including phenoxy) is 13. The summed E-state index contributed by atoms with van der Waals surface area (Å²) in [6.45, 7) is 16.4. The molecule has 0 N–H and O–H groups in total. The number of carbonyl (C=O) groups is 8. The van der Waals surface area contributed by atoms with Crippen LogP contribution in [0, 0.1) is 52.3 Å². The van der Waals surface area contributed by atoms with Gasteiger partial charge in [0.25, 0.3) is 0 Å². The molecule has 8 fully saturated rings. The molecule has 0 aromatic rings. The van der Waals surface area contributed by atoms with Gasteiger partial charge in [-0.05, 0) is 85.4 Å². The Kier molecular flexibility index (Phi) is 16.6. The summed E-state index contributed by atoms with van der Waals surface area (Å²) in [6.07, 6.45) is -9.26. The van der Waals surface area contributed by atoms with Crippen LogP contribution in [-0.4, -0.2) is 147 Å². The summed E-state index contributed by atoms with van der Waals surface area (Å²) < 4.78 is 78.8. The van der Waals surface area contributed by atoms with Crippen molar-refractivity contribution in [2.24, 2.45) is 52.3 Å². The van der Waals surface area contributed by atoms with Gasteiger partial charge in [0.05, 0.1) is 18.8 Å². The molecule has 4 saturated carbocycles. The number of hydrogen-bond acceptors (Lipinski definition) is 21. The summed E-state index contributed by atoms with van der Waals surface area (Å²) in [5, 5.41) is 0. The van der Waals surface area contributed by atoms with Gasteiger partial charge >= 0.3 is 41.8 Å². The highest BCUT2D eigenvalue weighted by Crippen LogP contribution is 2.70.